The Morgan fingerprint density at radius 2 is 1.73 bits per heavy atom. The van der Waals surface area contributed by atoms with Crippen molar-refractivity contribution in [3.8, 4) is 0 Å². The van der Waals surface area contributed by atoms with Gasteiger partial charge in [0.05, 0.1) is 10.2 Å². The van der Waals surface area contributed by atoms with Gasteiger partial charge < -0.3 is 9.80 Å². The van der Waals surface area contributed by atoms with Gasteiger partial charge in [-0.05, 0) is 31.9 Å². The lowest BCUT2D eigenvalue weighted by atomic mass is 10.1. The van der Waals surface area contributed by atoms with Gasteiger partial charge in [-0.15, -0.1) is 0 Å². The van der Waals surface area contributed by atoms with Gasteiger partial charge in [0.1, 0.15) is 0 Å². The summed E-state index contributed by atoms with van der Waals surface area (Å²) in [5, 5.41) is 5.37. The number of carbonyl (C=O) groups is 1. The highest BCUT2D eigenvalue weighted by atomic mass is 32.1. The fourth-order valence-corrected chi connectivity index (χ4v) is 4.62. The molecule has 2 aromatic heterocycles. The Morgan fingerprint density at radius 1 is 1.04 bits per heavy atom. The second-order valence-electron chi connectivity index (χ2n) is 6.99. The summed E-state index contributed by atoms with van der Waals surface area (Å²) in [6.07, 6.45) is 1.88. The first-order valence-electron chi connectivity index (χ1n) is 8.85. The number of piperazine rings is 1. The highest BCUT2D eigenvalue weighted by Crippen LogP contribution is 2.33. The Morgan fingerprint density at radius 3 is 2.35 bits per heavy atom. The van der Waals surface area contributed by atoms with E-state index in [1.54, 1.807) is 16.0 Å². The van der Waals surface area contributed by atoms with E-state index in [1.165, 1.54) is 15.8 Å². The van der Waals surface area contributed by atoms with Crippen LogP contribution in [0.25, 0.3) is 10.2 Å². The summed E-state index contributed by atoms with van der Waals surface area (Å²) < 4.78 is 2.97. The lowest BCUT2D eigenvalue weighted by Gasteiger charge is -2.34. The van der Waals surface area contributed by atoms with Gasteiger partial charge in [-0.3, -0.25) is 9.48 Å². The van der Waals surface area contributed by atoms with Crippen LogP contribution in [0.15, 0.2) is 18.3 Å². The molecule has 4 rings (SSSR count). The molecular formula is C19H23N5OS. The predicted molar refractivity (Wildman–Crippen MR) is 105 cm³/mol. The summed E-state index contributed by atoms with van der Waals surface area (Å²) >= 11 is 1.75. The number of aryl methyl sites for hydroxylation is 4. The Kier molecular flexibility index (Phi) is 4.19. The van der Waals surface area contributed by atoms with Crippen molar-refractivity contribution in [1.82, 2.24) is 19.7 Å². The van der Waals surface area contributed by atoms with Gasteiger partial charge in [-0.2, -0.15) is 5.10 Å². The van der Waals surface area contributed by atoms with E-state index in [9.17, 15) is 4.79 Å². The first-order valence-corrected chi connectivity index (χ1v) is 9.67. The number of nitrogens with zero attached hydrogens (tertiary/aromatic N) is 5. The minimum absolute atomic E-state index is 0.0266. The Bertz CT molecular complexity index is 942. The smallest absolute Gasteiger partial charge is 0.274 e. The molecule has 26 heavy (non-hydrogen) atoms. The van der Waals surface area contributed by atoms with E-state index >= 15 is 0 Å². The van der Waals surface area contributed by atoms with Gasteiger partial charge in [0, 0.05) is 45.0 Å². The van der Waals surface area contributed by atoms with Crippen molar-refractivity contribution in [3.05, 3.63) is 40.7 Å². The second kappa shape index (κ2) is 6.39. The van der Waals surface area contributed by atoms with Crippen LogP contribution in [-0.2, 0) is 7.05 Å². The molecule has 1 aliphatic rings. The summed E-state index contributed by atoms with van der Waals surface area (Å²) in [7, 11) is 1.85. The zero-order chi connectivity index (χ0) is 18.4. The highest BCUT2D eigenvalue weighted by Gasteiger charge is 2.26. The predicted octanol–water partition coefficient (Wildman–Crippen LogP) is 2.92. The fourth-order valence-electron chi connectivity index (χ4n) is 3.45. The van der Waals surface area contributed by atoms with E-state index in [0.717, 1.165) is 29.3 Å². The van der Waals surface area contributed by atoms with Crippen LogP contribution < -0.4 is 4.90 Å². The molecule has 1 amide bonds. The number of carbonyl (C=O) groups excluding carboxylic acids is 1. The average molecular weight is 369 g/mol. The molecule has 0 bridgehead atoms. The molecule has 3 heterocycles. The molecule has 0 radical (unpaired) electrons. The molecule has 1 aromatic carbocycles. The number of hydrogen-bond acceptors (Lipinski definition) is 5. The number of thiazole rings is 1. The van der Waals surface area contributed by atoms with Crippen LogP contribution >= 0.6 is 11.3 Å². The average Bonchev–Trinajstić information content (AvgIpc) is 3.22. The van der Waals surface area contributed by atoms with E-state index in [0.29, 0.717) is 18.8 Å². The number of amides is 1. The monoisotopic (exact) mass is 369 g/mol. The third kappa shape index (κ3) is 2.86. The van der Waals surface area contributed by atoms with E-state index in [4.69, 9.17) is 4.98 Å². The molecule has 0 N–H and O–H groups in total. The number of hydrogen-bond donors (Lipinski definition) is 0. The lowest BCUT2D eigenvalue weighted by molar-refractivity contribution is 0.0739. The Labute approximate surface area is 157 Å². The van der Waals surface area contributed by atoms with E-state index in [2.05, 4.69) is 36.0 Å². The van der Waals surface area contributed by atoms with Crippen LogP contribution in [0.4, 0.5) is 5.13 Å². The van der Waals surface area contributed by atoms with Crippen molar-refractivity contribution < 1.29 is 4.79 Å². The van der Waals surface area contributed by atoms with Crippen molar-refractivity contribution in [2.75, 3.05) is 31.1 Å². The third-order valence-electron chi connectivity index (χ3n) is 4.98. The minimum atomic E-state index is 0.0266. The Balaban J connectivity index is 1.50. The van der Waals surface area contributed by atoms with E-state index in [1.807, 2.05) is 25.1 Å². The SMILES string of the molecule is Cc1cn(C)nc1C(=O)N1CCN(c2nc3c(C)ccc(C)c3s2)CC1. The number of anilines is 1. The first kappa shape index (κ1) is 17.0. The van der Waals surface area contributed by atoms with Crippen LogP contribution in [0, 0.1) is 20.8 Å². The zero-order valence-corrected chi connectivity index (χ0v) is 16.4. The molecule has 0 spiro atoms. The molecule has 0 unspecified atom stereocenters. The normalized spacial score (nSPS) is 15.1. The topological polar surface area (TPSA) is 54.3 Å². The fraction of sp³-hybridized carbons (Fsp3) is 0.421. The Hall–Kier alpha value is -2.41. The van der Waals surface area contributed by atoms with Crippen LogP contribution in [0.5, 0.6) is 0 Å². The van der Waals surface area contributed by atoms with Gasteiger partial charge in [-0.25, -0.2) is 4.98 Å². The number of fused-ring (bicyclic) bond motifs is 1. The largest absolute Gasteiger partial charge is 0.345 e. The van der Waals surface area contributed by atoms with Crippen molar-refractivity contribution in [3.63, 3.8) is 0 Å². The second-order valence-corrected chi connectivity index (χ2v) is 7.96. The molecule has 136 valence electrons. The van der Waals surface area contributed by atoms with Gasteiger partial charge in [0.25, 0.3) is 5.91 Å². The maximum atomic E-state index is 12.7. The van der Waals surface area contributed by atoms with Crippen molar-refractivity contribution in [1.29, 1.82) is 0 Å². The molecule has 6 nitrogen and oxygen atoms in total. The van der Waals surface area contributed by atoms with E-state index < -0.39 is 0 Å². The number of aromatic nitrogens is 3. The standard InChI is InChI=1S/C19H23N5OS/c1-12-5-6-13(2)17-15(12)20-19(26-17)24-9-7-23(8-10-24)18(25)16-14(3)11-22(4)21-16/h5-6,11H,7-10H2,1-4H3. The van der Waals surface area contributed by atoms with Gasteiger partial charge in [0.15, 0.2) is 10.8 Å². The number of benzene rings is 1. The molecular weight excluding hydrogens is 346 g/mol. The van der Waals surface area contributed by atoms with Crippen LogP contribution in [0.2, 0.25) is 0 Å². The third-order valence-corrected chi connectivity index (χ3v) is 6.23. The summed E-state index contributed by atoms with van der Waals surface area (Å²) in [5.41, 5.74) is 5.08. The maximum Gasteiger partial charge on any atom is 0.274 e. The van der Waals surface area contributed by atoms with E-state index in [-0.39, 0.29) is 5.91 Å². The zero-order valence-electron chi connectivity index (χ0n) is 15.6. The quantitative estimate of drug-likeness (QED) is 0.697. The van der Waals surface area contributed by atoms with Gasteiger partial charge in [-0.1, -0.05) is 23.5 Å². The van der Waals surface area contributed by atoms with Crippen molar-refractivity contribution >= 4 is 32.6 Å². The van der Waals surface area contributed by atoms with Crippen LogP contribution in [0.1, 0.15) is 27.2 Å². The molecule has 7 heteroatoms. The van der Waals surface area contributed by atoms with Gasteiger partial charge >= 0.3 is 0 Å². The molecule has 0 atom stereocenters. The molecule has 0 aliphatic carbocycles. The summed E-state index contributed by atoms with van der Waals surface area (Å²) in [4.78, 5) is 21.8. The maximum absolute atomic E-state index is 12.7. The summed E-state index contributed by atoms with van der Waals surface area (Å²) in [6.45, 7) is 9.17. The lowest BCUT2D eigenvalue weighted by Crippen LogP contribution is -2.49. The molecule has 1 saturated heterocycles. The summed E-state index contributed by atoms with van der Waals surface area (Å²) in [6, 6.07) is 4.29. The minimum Gasteiger partial charge on any atom is -0.345 e. The number of rotatable bonds is 2. The molecule has 1 fully saturated rings. The molecule has 1 aliphatic heterocycles. The van der Waals surface area contributed by atoms with Crippen LogP contribution in [-0.4, -0.2) is 51.8 Å². The van der Waals surface area contributed by atoms with Crippen molar-refractivity contribution in [2.45, 2.75) is 20.8 Å². The molecule has 3 aromatic rings. The summed E-state index contributed by atoms with van der Waals surface area (Å²) in [5.74, 6) is 0.0266. The highest BCUT2D eigenvalue weighted by molar-refractivity contribution is 7.22. The molecule has 0 saturated carbocycles. The van der Waals surface area contributed by atoms with Gasteiger partial charge in [0.2, 0.25) is 0 Å². The van der Waals surface area contributed by atoms with Crippen LogP contribution in [0.3, 0.4) is 0 Å². The first-order chi connectivity index (χ1) is 12.4. The van der Waals surface area contributed by atoms with Crippen molar-refractivity contribution in [2.24, 2.45) is 7.05 Å².